The fraction of sp³-hybridized carbons (Fsp3) is 0.400. The van der Waals surface area contributed by atoms with Gasteiger partial charge in [0.05, 0.1) is 18.4 Å². The summed E-state index contributed by atoms with van der Waals surface area (Å²) in [4.78, 5) is 27.4. The Hall–Kier alpha value is -2.81. The first-order chi connectivity index (χ1) is 14.1. The van der Waals surface area contributed by atoms with E-state index in [9.17, 15) is 4.79 Å². The van der Waals surface area contributed by atoms with Crippen LogP contribution in [0.3, 0.4) is 0 Å². The molecule has 0 saturated carbocycles. The van der Waals surface area contributed by atoms with Crippen LogP contribution in [0.4, 0.5) is 0 Å². The molecule has 3 aromatic heterocycles. The number of aromatic nitrogens is 6. The molecule has 0 radical (unpaired) electrons. The molecule has 1 fully saturated rings. The molecule has 1 aliphatic rings. The molecule has 0 atom stereocenters. The lowest BCUT2D eigenvalue weighted by Gasteiger charge is -2.20. The SMILES string of the molecule is Cc1cc(Sc2nnc(CN3CCCCCC3=O)n2-c2cccnc2)nc(C)n1. The highest BCUT2D eigenvalue weighted by atomic mass is 32.2. The van der Waals surface area contributed by atoms with Gasteiger partial charge in [-0.3, -0.25) is 14.3 Å². The summed E-state index contributed by atoms with van der Waals surface area (Å²) in [5.74, 6) is 1.62. The maximum Gasteiger partial charge on any atom is 0.222 e. The molecular weight excluding hydrogens is 386 g/mol. The number of pyridine rings is 1. The predicted octanol–water partition coefficient (Wildman–Crippen LogP) is 3.12. The molecule has 29 heavy (non-hydrogen) atoms. The van der Waals surface area contributed by atoms with Gasteiger partial charge in [0.25, 0.3) is 0 Å². The lowest BCUT2D eigenvalue weighted by atomic mass is 10.2. The van der Waals surface area contributed by atoms with E-state index < -0.39 is 0 Å². The van der Waals surface area contributed by atoms with Gasteiger partial charge in [0.1, 0.15) is 10.9 Å². The third-order valence-electron chi connectivity index (χ3n) is 4.75. The van der Waals surface area contributed by atoms with Gasteiger partial charge < -0.3 is 4.90 Å². The minimum absolute atomic E-state index is 0.180. The summed E-state index contributed by atoms with van der Waals surface area (Å²) in [6.07, 6.45) is 7.17. The maximum atomic E-state index is 12.5. The number of amides is 1. The van der Waals surface area contributed by atoms with Crippen LogP contribution in [-0.4, -0.2) is 47.1 Å². The number of nitrogens with zero attached hydrogens (tertiary/aromatic N) is 7. The number of hydrogen-bond donors (Lipinski definition) is 0. The van der Waals surface area contributed by atoms with Gasteiger partial charge in [0.15, 0.2) is 5.82 Å². The summed E-state index contributed by atoms with van der Waals surface area (Å²) in [6, 6.07) is 5.77. The van der Waals surface area contributed by atoms with Crippen molar-refractivity contribution in [2.45, 2.75) is 56.3 Å². The van der Waals surface area contributed by atoms with Gasteiger partial charge in [-0.1, -0.05) is 6.42 Å². The highest BCUT2D eigenvalue weighted by Gasteiger charge is 2.22. The van der Waals surface area contributed by atoms with Crippen molar-refractivity contribution in [3.05, 3.63) is 47.9 Å². The Morgan fingerprint density at radius 2 is 2.03 bits per heavy atom. The molecule has 4 rings (SSSR count). The van der Waals surface area contributed by atoms with Crippen LogP contribution in [0.25, 0.3) is 5.69 Å². The fourth-order valence-electron chi connectivity index (χ4n) is 3.42. The monoisotopic (exact) mass is 409 g/mol. The normalized spacial score (nSPS) is 14.8. The van der Waals surface area contributed by atoms with E-state index in [0.717, 1.165) is 53.9 Å². The lowest BCUT2D eigenvalue weighted by Crippen LogP contribution is -2.31. The van der Waals surface area contributed by atoms with Gasteiger partial charge in [0.2, 0.25) is 11.1 Å². The van der Waals surface area contributed by atoms with Crippen LogP contribution in [0.1, 0.15) is 43.0 Å². The van der Waals surface area contributed by atoms with E-state index in [1.165, 1.54) is 11.8 Å². The van der Waals surface area contributed by atoms with Gasteiger partial charge in [0, 0.05) is 24.9 Å². The second kappa shape index (κ2) is 8.69. The lowest BCUT2D eigenvalue weighted by molar-refractivity contribution is -0.131. The molecule has 0 unspecified atom stereocenters. The Morgan fingerprint density at radius 3 is 2.83 bits per heavy atom. The topological polar surface area (TPSA) is 89.7 Å². The van der Waals surface area contributed by atoms with Crippen molar-refractivity contribution in [3.8, 4) is 5.69 Å². The number of rotatable bonds is 5. The molecule has 8 nitrogen and oxygen atoms in total. The van der Waals surface area contributed by atoms with Crippen LogP contribution in [0.5, 0.6) is 0 Å². The number of hydrogen-bond acceptors (Lipinski definition) is 7. The number of likely N-dealkylation sites (tertiary alicyclic amines) is 1. The van der Waals surface area contributed by atoms with Crippen LogP contribution in [-0.2, 0) is 11.3 Å². The average molecular weight is 410 g/mol. The largest absolute Gasteiger partial charge is 0.335 e. The first-order valence-corrected chi connectivity index (χ1v) is 10.5. The zero-order valence-electron chi connectivity index (χ0n) is 16.6. The van der Waals surface area contributed by atoms with Gasteiger partial charge in [-0.25, -0.2) is 9.97 Å². The van der Waals surface area contributed by atoms with Crippen LogP contribution in [0, 0.1) is 13.8 Å². The molecular formula is C20H23N7OS. The summed E-state index contributed by atoms with van der Waals surface area (Å²) in [5.41, 5.74) is 1.77. The molecule has 4 heterocycles. The molecule has 0 spiro atoms. The summed E-state index contributed by atoms with van der Waals surface area (Å²) in [5, 5.41) is 10.3. The first kappa shape index (κ1) is 19.5. The zero-order chi connectivity index (χ0) is 20.2. The molecule has 0 N–H and O–H groups in total. The summed E-state index contributed by atoms with van der Waals surface area (Å²) >= 11 is 1.43. The van der Waals surface area contributed by atoms with Crippen molar-refractivity contribution in [1.82, 2.24) is 34.6 Å². The maximum absolute atomic E-state index is 12.5. The van der Waals surface area contributed by atoms with E-state index in [1.54, 1.807) is 12.4 Å². The third kappa shape index (κ3) is 4.61. The predicted molar refractivity (Wildman–Crippen MR) is 109 cm³/mol. The Balaban J connectivity index is 1.69. The smallest absolute Gasteiger partial charge is 0.222 e. The van der Waals surface area contributed by atoms with Crippen molar-refractivity contribution in [2.24, 2.45) is 0 Å². The van der Waals surface area contributed by atoms with Crippen LogP contribution in [0.15, 0.2) is 40.8 Å². The summed E-state index contributed by atoms with van der Waals surface area (Å²) in [6.45, 7) is 5.01. The van der Waals surface area contributed by atoms with E-state index in [1.807, 2.05) is 41.5 Å². The van der Waals surface area contributed by atoms with E-state index in [2.05, 4.69) is 25.1 Å². The van der Waals surface area contributed by atoms with Crippen LogP contribution < -0.4 is 0 Å². The molecule has 1 amide bonds. The third-order valence-corrected chi connectivity index (χ3v) is 5.61. The molecule has 1 saturated heterocycles. The average Bonchev–Trinajstić information content (AvgIpc) is 2.96. The molecule has 1 aliphatic heterocycles. The fourth-order valence-corrected chi connectivity index (χ4v) is 4.40. The molecule has 3 aromatic rings. The molecule has 0 aromatic carbocycles. The van der Waals surface area contributed by atoms with Crippen molar-refractivity contribution < 1.29 is 4.79 Å². The van der Waals surface area contributed by atoms with Crippen molar-refractivity contribution in [3.63, 3.8) is 0 Å². The number of carbonyl (C=O) groups is 1. The van der Waals surface area contributed by atoms with Crippen LogP contribution >= 0.6 is 11.8 Å². The quantitative estimate of drug-likeness (QED) is 0.598. The number of aryl methyl sites for hydroxylation is 2. The molecule has 150 valence electrons. The van der Waals surface area contributed by atoms with E-state index in [4.69, 9.17) is 0 Å². The Labute approximate surface area is 173 Å². The van der Waals surface area contributed by atoms with E-state index >= 15 is 0 Å². The summed E-state index contributed by atoms with van der Waals surface area (Å²) in [7, 11) is 0. The van der Waals surface area contributed by atoms with Crippen LogP contribution in [0.2, 0.25) is 0 Å². The Morgan fingerprint density at radius 1 is 1.14 bits per heavy atom. The molecule has 0 bridgehead atoms. The van der Waals surface area contributed by atoms with Crippen molar-refractivity contribution in [2.75, 3.05) is 6.54 Å². The second-order valence-corrected chi connectivity index (χ2v) is 8.06. The number of carbonyl (C=O) groups excluding carboxylic acids is 1. The van der Waals surface area contributed by atoms with Gasteiger partial charge in [-0.15, -0.1) is 10.2 Å². The highest BCUT2D eigenvalue weighted by Crippen LogP contribution is 2.28. The van der Waals surface area contributed by atoms with E-state index in [0.29, 0.717) is 18.1 Å². The van der Waals surface area contributed by atoms with Crippen molar-refractivity contribution >= 4 is 17.7 Å². The van der Waals surface area contributed by atoms with Gasteiger partial charge >= 0.3 is 0 Å². The highest BCUT2D eigenvalue weighted by molar-refractivity contribution is 7.99. The first-order valence-electron chi connectivity index (χ1n) is 9.73. The minimum atomic E-state index is 0.180. The Bertz CT molecular complexity index is 985. The van der Waals surface area contributed by atoms with Gasteiger partial charge in [-0.05, 0) is 56.7 Å². The standard InChI is InChI=1S/C20H23N7OS/c1-14-11-18(23-15(2)22-14)29-20-25-24-17(27(20)16-7-6-9-21-12-16)13-26-10-5-3-4-8-19(26)28/h6-7,9,11-12H,3-5,8,10,13H2,1-2H3. The molecule has 9 heteroatoms. The minimum Gasteiger partial charge on any atom is -0.335 e. The Kier molecular flexibility index (Phi) is 5.84. The van der Waals surface area contributed by atoms with E-state index in [-0.39, 0.29) is 5.91 Å². The molecule has 0 aliphatic carbocycles. The zero-order valence-corrected chi connectivity index (χ0v) is 17.4. The summed E-state index contributed by atoms with van der Waals surface area (Å²) < 4.78 is 1.96. The van der Waals surface area contributed by atoms with Crippen molar-refractivity contribution in [1.29, 1.82) is 0 Å². The van der Waals surface area contributed by atoms with Gasteiger partial charge in [-0.2, -0.15) is 0 Å². The second-order valence-electron chi connectivity index (χ2n) is 7.07.